The molecule has 1 aromatic heterocycles. The first-order valence-electron chi connectivity index (χ1n) is 13.1. The summed E-state index contributed by atoms with van der Waals surface area (Å²) in [6, 6.07) is 14.4. The van der Waals surface area contributed by atoms with Crippen LogP contribution in [0.15, 0.2) is 48.7 Å². The third-order valence-electron chi connectivity index (χ3n) is 7.83. The SMILES string of the molecule is CCN(CCC1=CN(Cc2cccc(C)c2)C(CO)c2[nH]c3cc(OC)ccc3c21)C(=O)C1CCC1. The van der Waals surface area contributed by atoms with Gasteiger partial charge in [0.15, 0.2) is 0 Å². The van der Waals surface area contributed by atoms with Crippen molar-refractivity contribution in [2.24, 2.45) is 5.92 Å². The first-order valence-corrected chi connectivity index (χ1v) is 13.1. The number of aromatic nitrogens is 1. The molecule has 0 saturated heterocycles. The second-order valence-corrected chi connectivity index (χ2v) is 10.1. The number of benzene rings is 2. The van der Waals surface area contributed by atoms with Crippen LogP contribution in [0.1, 0.15) is 61.0 Å². The van der Waals surface area contributed by atoms with Gasteiger partial charge in [-0.25, -0.2) is 0 Å². The van der Waals surface area contributed by atoms with E-state index in [1.165, 1.54) is 16.7 Å². The molecule has 1 amide bonds. The van der Waals surface area contributed by atoms with Crippen LogP contribution in [0.25, 0.3) is 16.5 Å². The van der Waals surface area contributed by atoms with Gasteiger partial charge in [-0.1, -0.05) is 36.2 Å². The Morgan fingerprint density at radius 1 is 1.22 bits per heavy atom. The Morgan fingerprint density at radius 3 is 2.72 bits per heavy atom. The highest BCUT2D eigenvalue weighted by Crippen LogP contribution is 2.42. The topological polar surface area (TPSA) is 68.8 Å². The number of methoxy groups -OCH3 is 1. The Hall–Kier alpha value is -3.25. The summed E-state index contributed by atoms with van der Waals surface area (Å²) >= 11 is 0. The Balaban J connectivity index is 1.51. The van der Waals surface area contributed by atoms with Gasteiger partial charge in [0.05, 0.1) is 19.8 Å². The first-order chi connectivity index (χ1) is 17.5. The summed E-state index contributed by atoms with van der Waals surface area (Å²) in [6.07, 6.45) is 6.19. The van der Waals surface area contributed by atoms with Crippen molar-refractivity contribution in [1.29, 1.82) is 0 Å². The van der Waals surface area contributed by atoms with Crippen LogP contribution in [0.3, 0.4) is 0 Å². The van der Waals surface area contributed by atoms with E-state index >= 15 is 0 Å². The molecule has 0 spiro atoms. The molecule has 2 heterocycles. The number of H-pyrrole nitrogens is 1. The molecule has 5 rings (SSSR count). The molecular weight excluding hydrogens is 450 g/mol. The van der Waals surface area contributed by atoms with Crippen LogP contribution in [0.4, 0.5) is 0 Å². The molecule has 2 aromatic carbocycles. The second-order valence-electron chi connectivity index (χ2n) is 10.1. The van der Waals surface area contributed by atoms with Gasteiger partial charge in [-0.05, 0) is 56.4 Å². The largest absolute Gasteiger partial charge is 0.497 e. The number of carbonyl (C=O) groups is 1. The maximum absolute atomic E-state index is 13.0. The number of aromatic amines is 1. The molecule has 1 fully saturated rings. The first kappa shape index (κ1) is 24.4. The number of carbonyl (C=O) groups excluding carboxylic acids is 1. The van der Waals surface area contributed by atoms with E-state index in [1.807, 2.05) is 17.0 Å². The summed E-state index contributed by atoms with van der Waals surface area (Å²) in [7, 11) is 1.67. The normalized spacial score (nSPS) is 17.5. The summed E-state index contributed by atoms with van der Waals surface area (Å²) in [5, 5.41) is 11.6. The van der Waals surface area contributed by atoms with Crippen molar-refractivity contribution in [3.8, 4) is 5.75 Å². The van der Waals surface area contributed by atoms with Crippen molar-refractivity contribution in [2.75, 3.05) is 26.8 Å². The average molecular weight is 488 g/mol. The van der Waals surface area contributed by atoms with Gasteiger partial charge in [-0.15, -0.1) is 0 Å². The van der Waals surface area contributed by atoms with Crippen LogP contribution in [0.2, 0.25) is 0 Å². The van der Waals surface area contributed by atoms with Gasteiger partial charge >= 0.3 is 0 Å². The maximum atomic E-state index is 13.0. The number of amides is 1. The summed E-state index contributed by atoms with van der Waals surface area (Å²) < 4.78 is 5.47. The summed E-state index contributed by atoms with van der Waals surface area (Å²) in [5.41, 5.74) is 6.80. The van der Waals surface area contributed by atoms with E-state index in [4.69, 9.17) is 4.74 Å². The number of hydrogen-bond acceptors (Lipinski definition) is 4. The lowest BCUT2D eigenvalue weighted by Gasteiger charge is -2.36. The lowest BCUT2D eigenvalue weighted by atomic mass is 9.84. The zero-order valence-electron chi connectivity index (χ0n) is 21.6. The fraction of sp³-hybridized carbons (Fsp3) is 0.433. The van der Waals surface area contributed by atoms with Gasteiger partial charge in [0.25, 0.3) is 0 Å². The van der Waals surface area contributed by atoms with E-state index < -0.39 is 0 Å². The number of nitrogens with one attached hydrogen (secondary N) is 1. The number of nitrogens with zero attached hydrogens (tertiary/aromatic N) is 2. The maximum Gasteiger partial charge on any atom is 0.225 e. The number of hydrogen-bond donors (Lipinski definition) is 2. The highest BCUT2D eigenvalue weighted by molar-refractivity contribution is 5.96. The Labute approximate surface area is 213 Å². The monoisotopic (exact) mass is 487 g/mol. The lowest BCUT2D eigenvalue weighted by molar-refractivity contribution is -0.137. The number of aryl methyl sites for hydroxylation is 1. The van der Waals surface area contributed by atoms with Crippen LogP contribution in [0.5, 0.6) is 5.75 Å². The van der Waals surface area contributed by atoms with Crippen molar-refractivity contribution in [3.05, 3.63) is 71.0 Å². The quantitative estimate of drug-likeness (QED) is 0.423. The van der Waals surface area contributed by atoms with Crippen LogP contribution in [-0.4, -0.2) is 52.6 Å². The molecule has 1 unspecified atom stereocenters. The van der Waals surface area contributed by atoms with Gasteiger partial charge in [-0.3, -0.25) is 4.79 Å². The molecule has 1 saturated carbocycles. The molecule has 2 aliphatic rings. The highest BCUT2D eigenvalue weighted by atomic mass is 16.5. The molecule has 0 radical (unpaired) electrons. The molecule has 0 bridgehead atoms. The lowest BCUT2D eigenvalue weighted by Crippen LogP contribution is -2.39. The van der Waals surface area contributed by atoms with Gasteiger partial charge in [-0.2, -0.15) is 0 Å². The molecule has 190 valence electrons. The average Bonchev–Trinajstić information content (AvgIpc) is 3.22. The Bertz CT molecular complexity index is 1270. The molecule has 1 aliphatic carbocycles. The van der Waals surface area contributed by atoms with Crippen molar-refractivity contribution in [3.63, 3.8) is 0 Å². The van der Waals surface area contributed by atoms with Crippen LogP contribution in [-0.2, 0) is 11.3 Å². The van der Waals surface area contributed by atoms with Gasteiger partial charge in [0, 0.05) is 60.0 Å². The van der Waals surface area contributed by atoms with Crippen LogP contribution >= 0.6 is 0 Å². The van der Waals surface area contributed by atoms with E-state index in [2.05, 4.69) is 60.3 Å². The summed E-state index contributed by atoms with van der Waals surface area (Å²) in [5.74, 6) is 1.30. The third-order valence-corrected chi connectivity index (χ3v) is 7.83. The van der Waals surface area contributed by atoms with Crippen LogP contribution in [0, 0.1) is 12.8 Å². The molecule has 36 heavy (non-hydrogen) atoms. The smallest absolute Gasteiger partial charge is 0.225 e. The minimum atomic E-state index is -0.179. The third kappa shape index (κ3) is 4.62. The Kier molecular flexibility index (Phi) is 7.06. The number of fused-ring (bicyclic) bond motifs is 3. The molecule has 2 N–H and O–H groups in total. The van der Waals surface area contributed by atoms with Crippen LogP contribution < -0.4 is 4.74 Å². The number of ether oxygens (including phenoxy) is 1. The standard InChI is InChI=1S/C30H37N3O3/c1-4-32(30(35)22-9-6-10-22)14-13-23-18-33(17-21-8-5-7-20(2)15-21)27(19-34)29-28(23)25-12-11-24(36-3)16-26(25)31-29/h5,7-8,11-12,15-16,18,22,27,31,34H,4,6,9-10,13-14,17,19H2,1-3H3. The van der Waals surface area contributed by atoms with Crippen molar-refractivity contribution in [2.45, 2.75) is 52.1 Å². The minimum absolute atomic E-state index is 0.00774. The van der Waals surface area contributed by atoms with Gasteiger partial charge in [0.1, 0.15) is 5.75 Å². The van der Waals surface area contributed by atoms with E-state index in [-0.39, 0.29) is 18.6 Å². The minimum Gasteiger partial charge on any atom is -0.497 e. The van der Waals surface area contributed by atoms with Crippen molar-refractivity contribution in [1.82, 2.24) is 14.8 Å². The molecule has 3 aromatic rings. The van der Waals surface area contributed by atoms with E-state index in [1.54, 1.807) is 7.11 Å². The predicted octanol–water partition coefficient (Wildman–Crippen LogP) is 5.41. The number of aliphatic hydroxyl groups excluding tert-OH is 1. The van der Waals surface area contributed by atoms with Crippen molar-refractivity contribution >= 4 is 22.4 Å². The molecular formula is C30H37N3O3. The second kappa shape index (κ2) is 10.4. The fourth-order valence-corrected chi connectivity index (χ4v) is 5.60. The molecule has 6 nitrogen and oxygen atoms in total. The van der Waals surface area contributed by atoms with Gasteiger partial charge < -0.3 is 24.6 Å². The molecule has 1 aliphatic heterocycles. The summed E-state index contributed by atoms with van der Waals surface area (Å²) in [4.78, 5) is 20.9. The molecule has 6 heteroatoms. The van der Waals surface area contributed by atoms with E-state index in [0.29, 0.717) is 19.0 Å². The highest BCUT2D eigenvalue weighted by Gasteiger charge is 2.32. The Morgan fingerprint density at radius 2 is 2.06 bits per heavy atom. The van der Waals surface area contributed by atoms with E-state index in [0.717, 1.165) is 60.1 Å². The number of rotatable bonds is 9. The van der Waals surface area contributed by atoms with Gasteiger partial charge in [0.2, 0.25) is 5.91 Å². The van der Waals surface area contributed by atoms with Crippen molar-refractivity contribution < 1.29 is 14.6 Å². The molecule has 1 atom stereocenters. The zero-order valence-corrected chi connectivity index (χ0v) is 21.6. The predicted molar refractivity (Wildman–Crippen MR) is 144 cm³/mol. The zero-order chi connectivity index (χ0) is 25.2. The summed E-state index contributed by atoms with van der Waals surface area (Å²) in [6.45, 7) is 6.31. The van der Waals surface area contributed by atoms with E-state index in [9.17, 15) is 9.90 Å². The fourth-order valence-electron chi connectivity index (χ4n) is 5.60. The number of aliphatic hydroxyl groups is 1.